The molecular formula is C18H21ClN2O2. The van der Waals surface area contributed by atoms with Crippen molar-refractivity contribution < 1.29 is 9.53 Å². The Morgan fingerprint density at radius 3 is 2.91 bits per heavy atom. The third kappa shape index (κ3) is 3.00. The number of halogens is 1. The second-order valence-corrected chi connectivity index (χ2v) is 6.31. The summed E-state index contributed by atoms with van der Waals surface area (Å²) in [5, 5.41) is 5.36. The van der Waals surface area contributed by atoms with E-state index in [0.29, 0.717) is 17.2 Å². The van der Waals surface area contributed by atoms with E-state index in [-0.39, 0.29) is 5.78 Å². The van der Waals surface area contributed by atoms with Crippen LogP contribution in [-0.2, 0) is 12.8 Å². The van der Waals surface area contributed by atoms with Crippen LogP contribution in [0.1, 0.15) is 54.4 Å². The Morgan fingerprint density at radius 1 is 1.35 bits per heavy atom. The molecule has 0 amide bonds. The van der Waals surface area contributed by atoms with Crippen LogP contribution in [0.15, 0.2) is 18.2 Å². The minimum atomic E-state index is 0.213. The lowest BCUT2D eigenvalue weighted by molar-refractivity contribution is 0.0971. The number of Topliss-reactive ketones (excluding diaryl/α,β-unsaturated/α-hetero) is 1. The molecule has 23 heavy (non-hydrogen) atoms. The van der Waals surface area contributed by atoms with Crippen molar-refractivity contribution in [1.82, 2.24) is 9.78 Å². The van der Waals surface area contributed by atoms with Gasteiger partial charge in [-0.25, -0.2) is 4.68 Å². The first-order chi connectivity index (χ1) is 11.2. The standard InChI is InChI=1S/C18H21ClN2O2/c1-3-4-7-14-18-13(6-5-8-16(18)22)20-21(14)15-11-12(19)9-10-17(15)23-2/h9-11H,3-8H2,1-2H3. The smallest absolute Gasteiger partial charge is 0.166 e. The molecule has 0 fully saturated rings. The van der Waals surface area contributed by atoms with Crippen LogP contribution in [0.4, 0.5) is 0 Å². The van der Waals surface area contributed by atoms with Gasteiger partial charge in [0.15, 0.2) is 5.78 Å². The fraction of sp³-hybridized carbons (Fsp3) is 0.444. The number of rotatable bonds is 5. The molecule has 2 aromatic rings. The molecule has 0 saturated carbocycles. The summed E-state index contributed by atoms with van der Waals surface area (Å²) >= 11 is 6.17. The number of hydrogen-bond acceptors (Lipinski definition) is 3. The number of aryl methyl sites for hydroxylation is 1. The monoisotopic (exact) mass is 332 g/mol. The van der Waals surface area contributed by atoms with Crippen LogP contribution in [0.5, 0.6) is 5.75 Å². The van der Waals surface area contributed by atoms with Crippen molar-refractivity contribution in [3.63, 3.8) is 0 Å². The van der Waals surface area contributed by atoms with E-state index in [2.05, 4.69) is 6.92 Å². The maximum absolute atomic E-state index is 12.4. The second-order valence-electron chi connectivity index (χ2n) is 5.88. The molecule has 0 atom stereocenters. The van der Waals surface area contributed by atoms with Gasteiger partial charge in [-0.2, -0.15) is 5.10 Å². The van der Waals surface area contributed by atoms with Crippen molar-refractivity contribution in [2.75, 3.05) is 7.11 Å². The summed E-state index contributed by atoms with van der Waals surface area (Å²) in [6.07, 6.45) is 5.28. The number of ether oxygens (including phenoxy) is 1. The lowest BCUT2D eigenvalue weighted by atomic mass is 9.93. The number of hydrogen-bond donors (Lipinski definition) is 0. The highest BCUT2D eigenvalue weighted by Gasteiger charge is 2.27. The van der Waals surface area contributed by atoms with Crippen LogP contribution >= 0.6 is 11.6 Å². The second kappa shape index (κ2) is 6.75. The SMILES string of the molecule is CCCCc1c2c(nn1-c1cc(Cl)ccc1OC)CCCC2=O. The Hall–Kier alpha value is -1.81. The summed E-state index contributed by atoms with van der Waals surface area (Å²) in [6.45, 7) is 2.15. The third-order valence-corrected chi connectivity index (χ3v) is 4.52. The van der Waals surface area contributed by atoms with E-state index >= 15 is 0 Å². The Morgan fingerprint density at radius 2 is 2.17 bits per heavy atom. The summed E-state index contributed by atoms with van der Waals surface area (Å²) in [5.41, 5.74) is 3.53. The van der Waals surface area contributed by atoms with E-state index in [1.807, 2.05) is 16.8 Å². The molecule has 1 aromatic carbocycles. The normalized spacial score (nSPS) is 14.0. The van der Waals surface area contributed by atoms with Gasteiger partial charge in [-0.3, -0.25) is 4.79 Å². The molecule has 1 aliphatic rings. The van der Waals surface area contributed by atoms with Crippen LogP contribution in [0, 0.1) is 0 Å². The van der Waals surface area contributed by atoms with Gasteiger partial charge in [0.1, 0.15) is 11.4 Å². The van der Waals surface area contributed by atoms with Crippen molar-refractivity contribution in [3.05, 3.63) is 40.2 Å². The average Bonchev–Trinajstić information content (AvgIpc) is 2.92. The van der Waals surface area contributed by atoms with Gasteiger partial charge in [0.05, 0.1) is 24.1 Å². The van der Waals surface area contributed by atoms with Crippen LogP contribution in [0.25, 0.3) is 5.69 Å². The fourth-order valence-corrected chi connectivity index (χ4v) is 3.31. The maximum atomic E-state index is 12.4. The highest BCUT2D eigenvalue weighted by atomic mass is 35.5. The first-order valence-electron chi connectivity index (χ1n) is 8.13. The van der Waals surface area contributed by atoms with Crippen molar-refractivity contribution >= 4 is 17.4 Å². The molecule has 0 unspecified atom stereocenters. The number of benzene rings is 1. The van der Waals surface area contributed by atoms with E-state index in [0.717, 1.165) is 54.7 Å². The number of ketones is 1. The van der Waals surface area contributed by atoms with Gasteiger partial charge in [0.2, 0.25) is 0 Å². The highest BCUT2D eigenvalue weighted by Crippen LogP contribution is 2.32. The molecule has 0 N–H and O–H groups in total. The molecular weight excluding hydrogens is 312 g/mol. The topological polar surface area (TPSA) is 44.1 Å². The Kier molecular flexibility index (Phi) is 4.71. The molecule has 5 heteroatoms. The summed E-state index contributed by atoms with van der Waals surface area (Å²) in [4.78, 5) is 12.4. The lowest BCUT2D eigenvalue weighted by Gasteiger charge is -2.13. The van der Waals surface area contributed by atoms with Crippen LogP contribution in [-0.4, -0.2) is 22.7 Å². The van der Waals surface area contributed by atoms with E-state index < -0.39 is 0 Å². The molecule has 1 aromatic heterocycles. The number of fused-ring (bicyclic) bond motifs is 1. The number of carbonyl (C=O) groups is 1. The van der Waals surface area contributed by atoms with Crippen LogP contribution < -0.4 is 4.74 Å². The largest absolute Gasteiger partial charge is 0.494 e. The van der Waals surface area contributed by atoms with Crippen molar-refractivity contribution in [3.8, 4) is 11.4 Å². The van der Waals surface area contributed by atoms with E-state index in [1.165, 1.54) is 0 Å². The van der Waals surface area contributed by atoms with Gasteiger partial charge in [-0.05, 0) is 43.9 Å². The zero-order valence-corrected chi connectivity index (χ0v) is 14.3. The summed E-state index contributed by atoms with van der Waals surface area (Å²) in [6, 6.07) is 5.48. The third-order valence-electron chi connectivity index (χ3n) is 4.29. The van der Waals surface area contributed by atoms with E-state index in [9.17, 15) is 4.79 Å². The predicted molar refractivity (Wildman–Crippen MR) is 91.0 cm³/mol. The van der Waals surface area contributed by atoms with Gasteiger partial charge < -0.3 is 4.74 Å². The molecule has 0 radical (unpaired) electrons. The Bertz CT molecular complexity index is 737. The van der Waals surface area contributed by atoms with Crippen molar-refractivity contribution in [1.29, 1.82) is 0 Å². The highest BCUT2D eigenvalue weighted by molar-refractivity contribution is 6.30. The summed E-state index contributed by atoms with van der Waals surface area (Å²) in [5.74, 6) is 0.920. The van der Waals surface area contributed by atoms with Crippen molar-refractivity contribution in [2.45, 2.75) is 45.4 Å². The molecule has 4 nitrogen and oxygen atoms in total. The first kappa shape index (κ1) is 16.1. The van der Waals surface area contributed by atoms with Gasteiger partial charge in [0, 0.05) is 11.4 Å². The van der Waals surface area contributed by atoms with Gasteiger partial charge in [0.25, 0.3) is 0 Å². The molecule has 1 aliphatic carbocycles. The van der Waals surface area contributed by atoms with Gasteiger partial charge in [-0.15, -0.1) is 0 Å². The molecule has 3 rings (SSSR count). The number of aromatic nitrogens is 2. The Labute approximate surface area is 141 Å². The number of methoxy groups -OCH3 is 1. The Balaban J connectivity index is 2.19. The summed E-state index contributed by atoms with van der Waals surface area (Å²) < 4.78 is 7.34. The van der Waals surface area contributed by atoms with Crippen molar-refractivity contribution in [2.24, 2.45) is 0 Å². The molecule has 0 spiro atoms. The average molecular weight is 333 g/mol. The number of carbonyl (C=O) groups excluding carboxylic acids is 1. The van der Waals surface area contributed by atoms with E-state index in [1.54, 1.807) is 13.2 Å². The zero-order chi connectivity index (χ0) is 16.4. The lowest BCUT2D eigenvalue weighted by Crippen LogP contribution is -2.12. The summed E-state index contributed by atoms with van der Waals surface area (Å²) in [7, 11) is 1.63. The first-order valence-corrected chi connectivity index (χ1v) is 8.51. The van der Waals surface area contributed by atoms with Gasteiger partial charge in [-0.1, -0.05) is 24.9 Å². The van der Waals surface area contributed by atoms with E-state index in [4.69, 9.17) is 21.4 Å². The molecule has 1 heterocycles. The van der Waals surface area contributed by atoms with Crippen LogP contribution in [0.2, 0.25) is 5.02 Å². The predicted octanol–water partition coefficient (Wildman–Crippen LogP) is 4.40. The molecule has 0 aliphatic heterocycles. The zero-order valence-electron chi connectivity index (χ0n) is 13.6. The molecule has 0 bridgehead atoms. The quantitative estimate of drug-likeness (QED) is 0.815. The van der Waals surface area contributed by atoms with Crippen LogP contribution in [0.3, 0.4) is 0 Å². The number of nitrogens with zero attached hydrogens (tertiary/aromatic N) is 2. The number of unbranched alkanes of at least 4 members (excludes halogenated alkanes) is 1. The molecule has 122 valence electrons. The minimum Gasteiger partial charge on any atom is -0.494 e. The van der Waals surface area contributed by atoms with Gasteiger partial charge >= 0.3 is 0 Å². The fourth-order valence-electron chi connectivity index (χ4n) is 3.14. The maximum Gasteiger partial charge on any atom is 0.166 e. The molecule has 0 saturated heterocycles. The minimum absolute atomic E-state index is 0.213.